The van der Waals surface area contributed by atoms with Crippen molar-refractivity contribution >= 4 is 5.65 Å². The minimum absolute atomic E-state index is 0.644. The molecule has 1 aromatic carbocycles. The molecule has 0 aliphatic carbocycles. The number of methoxy groups -OCH3 is 1. The number of hydrogen-bond acceptors (Lipinski definition) is 3. The lowest BCUT2D eigenvalue weighted by Gasteiger charge is -2.01. The normalized spacial score (nSPS) is 10.3. The molecule has 0 saturated heterocycles. The summed E-state index contributed by atoms with van der Waals surface area (Å²) in [5, 5.41) is 8.80. The Morgan fingerprint density at radius 1 is 1.16 bits per heavy atom. The number of rotatable bonds is 2. The molecule has 0 radical (unpaired) electrons. The maximum absolute atomic E-state index is 8.80. The molecule has 4 heteroatoms. The maximum Gasteiger partial charge on any atom is 0.198 e. The van der Waals surface area contributed by atoms with Crippen molar-refractivity contribution in [3.8, 4) is 23.2 Å². The standard InChI is InChI=1S/C15H11N3O/c1-19-15-4-2-3-14-17-13(10-18(14)15)12-7-5-11(9-16)6-8-12/h2-8,10H,1H3. The fourth-order valence-corrected chi connectivity index (χ4v) is 2.01. The molecule has 0 unspecified atom stereocenters. The summed E-state index contributed by atoms with van der Waals surface area (Å²) in [6.45, 7) is 0. The molecule has 3 rings (SSSR count). The zero-order chi connectivity index (χ0) is 13.2. The van der Waals surface area contributed by atoms with E-state index in [2.05, 4.69) is 11.1 Å². The molecule has 2 heterocycles. The summed E-state index contributed by atoms with van der Waals surface area (Å²) in [5.41, 5.74) is 3.31. The Morgan fingerprint density at radius 2 is 1.95 bits per heavy atom. The molecule has 3 aromatic rings. The zero-order valence-corrected chi connectivity index (χ0v) is 10.4. The van der Waals surface area contributed by atoms with E-state index in [-0.39, 0.29) is 0 Å². The van der Waals surface area contributed by atoms with Crippen molar-refractivity contribution in [1.82, 2.24) is 9.38 Å². The van der Waals surface area contributed by atoms with Crippen LogP contribution in [0.4, 0.5) is 0 Å². The highest BCUT2D eigenvalue weighted by atomic mass is 16.5. The van der Waals surface area contributed by atoms with Gasteiger partial charge in [0.05, 0.1) is 24.4 Å². The van der Waals surface area contributed by atoms with Crippen LogP contribution in [0.1, 0.15) is 5.56 Å². The fraction of sp³-hybridized carbons (Fsp3) is 0.0667. The summed E-state index contributed by atoms with van der Waals surface area (Å²) in [6.07, 6.45) is 1.93. The summed E-state index contributed by atoms with van der Waals surface area (Å²) in [5.74, 6) is 0.741. The molecule has 0 spiro atoms. The van der Waals surface area contributed by atoms with E-state index in [0.717, 1.165) is 22.8 Å². The predicted molar refractivity (Wildman–Crippen MR) is 71.9 cm³/mol. The number of hydrogen-bond donors (Lipinski definition) is 0. The highest BCUT2D eigenvalue weighted by Gasteiger charge is 2.07. The highest BCUT2D eigenvalue weighted by molar-refractivity contribution is 5.64. The number of imidazole rings is 1. The molecule has 0 fully saturated rings. The molecular weight excluding hydrogens is 238 g/mol. The second kappa shape index (κ2) is 4.46. The zero-order valence-electron chi connectivity index (χ0n) is 10.4. The van der Waals surface area contributed by atoms with E-state index in [4.69, 9.17) is 10.00 Å². The van der Waals surface area contributed by atoms with Crippen LogP contribution in [0.5, 0.6) is 5.88 Å². The lowest BCUT2D eigenvalue weighted by atomic mass is 10.1. The van der Waals surface area contributed by atoms with Gasteiger partial charge in [-0.25, -0.2) is 4.98 Å². The highest BCUT2D eigenvalue weighted by Crippen LogP contribution is 2.22. The average molecular weight is 249 g/mol. The predicted octanol–water partition coefficient (Wildman–Crippen LogP) is 2.88. The van der Waals surface area contributed by atoms with Crippen LogP contribution in [-0.2, 0) is 0 Å². The number of aromatic nitrogens is 2. The van der Waals surface area contributed by atoms with Crippen LogP contribution in [0.25, 0.3) is 16.9 Å². The summed E-state index contributed by atoms with van der Waals surface area (Å²) >= 11 is 0. The quantitative estimate of drug-likeness (QED) is 0.701. The smallest absolute Gasteiger partial charge is 0.198 e. The Kier molecular flexibility index (Phi) is 2.66. The van der Waals surface area contributed by atoms with Crippen LogP contribution in [-0.4, -0.2) is 16.5 Å². The van der Waals surface area contributed by atoms with E-state index in [1.807, 2.05) is 40.9 Å². The summed E-state index contributed by atoms with van der Waals surface area (Å²) in [4.78, 5) is 4.55. The van der Waals surface area contributed by atoms with Crippen molar-refractivity contribution in [3.05, 3.63) is 54.2 Å². The van der Waals surface area contributed by atoms with E-state index in [9.17, 15) is 0 Å². The molecule has 2 aromatic heterocycles. The van der Waals surface area contributed by atoms with E-state index < -0.39 is 0 Å². The van der Waals surface area contributed by atoms with Gasteiger partial charge in [-0.2, -0.15) is 5.26 Å². The maximum atomic E-state index is 8.80. The van der Waals surface area contributed by atoms with Crippen molar-refractivity contribution in [2.75, 3.05) is 7.11 Å². The molecule has 0 amide bonds. The van der Waals surface area contributed by atoms with Crippen molar-refractivity contribution in [3.63, 3.8) is 0 Å². The molecule has 0 atom stereocenters. The van der Waals surface area contributed by atoms with Gasteiger partial charge >= 0.3 is 0 Å². The Hall–Kier alpha value is -2.80. The van der Waals surface area contributed by atoms with Gasteiger partial charge in [0.15, 0.2) is 5.88 Å². The van der Waals surface area contributed by atoms with Gasteiger partial charge in [0.2, 0.25) is 0 Å². The third kappa shape index (κ3) is 1.91. The van der Waals surface area contributed by atoms with Crippen LogP contribution in [0, 0.1) is 11.3 Å². The number of nitrogens with zero attached hydrogens (tertiary/aromatic N) is 3. The summed E-state index contributed by atoms with van der Waals surface area (Å²) < 4.78 is 7.19. The first-order valence-electron chi connectivity index (χ1n) is 5.84. The third-order valence-corrected chi connectivity index (χ3v) is 2.97. The van der Waals surface area contributed by atoms with Gasteiger partial charge in [0, 0.05) is 11.8 Å². The topological polar surface area (TPSA) is 50.3 Å². The Balaban J connectivity index is 2.12. The second-order valence-electron chi connectivity index (χ2n) is 4.11. The van der Waals surface area contributed by atoms with Crippen LogP contribution in [0.15, 0.2) is 48.7 Å². The molecule has 92 valence electrons. The molecule has 4 nitrogen and oxygen atoms in total. The first-order valence-corrected chi connectivity index (χ1v) is 5.84. The summed E-state index contributed by atoms with van der Waals surface area (Å²) in [6, 6.07) is 15.2. The second-order valence-corrected chi connectivity index (χ2v) is 4.11. The molecule has 0 N–H and O–H groups in total. The lowest BCUT2D eigenvalue weighted by molar-refractivity contribution is 0.392. The van der Waals surface area contributed by atoms with Gasteiger partial charge in [0.25, 0.3) is 0 Å². The SMILES string of the molecule is COc1cccc2nc(-c3ccc(C#N)cc3)cn12. The fourth-order valence-electron chi connectivity index (χ4n) is 2.01. The molecule has 19 heavy (non-hydrogen) atoms. The first-order chi connectivity index (χ1) is 9.31. The van der Waals surface area contributed by atoms with Gasteiger partial charge in [-0.05, 0) is 24.3 Å². The van der Waals surface area contributed by atoms with Gasteiger partial charge < -0.3 is 4.74 Å². The van der Waals surface area contributed by atoms with Crippen LogP contribution >= 0.6 is 0 Å². The van der Waals surface area contributed by atoms with Gasteiger partial charge in [-0.15, -0.1) is 0 Å². The average Bonchev–Trinajstić information content (AvgIpc) is 2.91. The number of pyridine rings is 1. The minimum Gasteiger partial charge on any atom is -0.482 e. The number of fused-ring (bicyclic) bond motifs is 1. The van der Waals surface area contributed by atoms with Crippen molar-refractivity contribution in [2.24, 2.45) is 0 Å². The van der Waals surface area contributed by atoms with E-state index in [0.29, 0.717) is 5.56 Å². The van der Waals surface area contributed by atoms with Gasteiger partial charge in [0.1, 0.15) is 5.65 Å². The number of ether oxygens (including phenoxy) is 1. The Labute approximate surface area is 110 Å². The van der Waals surface area contributed by atoms with Crippen molar-refractivity contribution in [2.45, 2.75) is 0 Å². The van der Waals surface area contributed by atoms with Crippen LogP contribution < -0.4 is 4.74 Å². The lowest BCUT2D eigenvalue weighted by Crippen LogP contribution is -1.91. The van der Waals surface area contributed by atoms with Crippen LogP contribution in [0.3, 0.4) is 0 Å². The number of nitriles is 1. The Bertz CT molecular complexity index is 766. The summed E-state index contributed by atoms with van der Waals surface area (Å²) in [7, 11) is 1.64. The number of benzene rings is 1. The van der Waals surface area contributed by atoms with E-state index in [1.54, 1.807) is 19.2 Å². The van der Waals surface area contributed by atoms with E-state index in [1.165, 1.54) is 0 Å². The molecular formula is C15H11N3O. The monoisotopic (exact) mass is 249 g/mol. The van der Waals surface area contributed by atoms with Crippen LogP contribution in [0.2, 0.25) is 0 Å². The first kappa shape index (κ1) is 11.3. The largest absolute Gasteiger partial charge is 0.482 e. The molecule has 0 bridgehead atoms. The third-order valence-electron chi connectivity index (χ3n) is 2.97. The van der Waals surface area contributed by atoms with Crippen molar-refractivity contribution in [1.29, 1.82) is 5.26 Å². The van der Waals surface area contributed by atoms with Crippen molar-refractivity contribution < 1.29 is 4.74 Å². The minimum atomic E-state index is 0.644. The molecule has 0 aliphatic heterocycles. The van der Waals surface area contributed by atoms with E-state index >= 15 is 0 Å². The molecule has 0 saturated carbocycles. The van der Waals surface area contributed by atoms with Gasteiger partial charge in [-0.1, -0.05) is 18.2 Å². The Morgan fingerprint density at radius 3 is 2.63 bits per heavy atom. The molecule has 0 aliphatic rings. The van der Waals surface area contributed by atoms with Gasteiger partial charge in [-0.3, -0.25) is 4.40 Å².